The van der Waals surface area contributed by atoms with Crippen molar-refractivity contribution in [3.05, 3.63) is 22.3 Å². The molecule has 0 bridgehead atoms. The Kier molecular flexibility index (Phi) is 10.1. The standard InChI is InChI=1S/C14H18FN3O.C7H14N4O3/c1-4-5-8-19-13-11(15)12(16-10-17-13)18-7-6-14(2,3)9-18;1-8-7(10-11(12)13)9-4-6-2-3-14-5-6/h10H,6-9H2,1-3H3;6H,2-5H2,1H3,(H2,8,9,10). The average molecular weight is 466 g/mol. The van der Waals surface area contributed by atoms with Gasteiger partial charge in [-0.2, -0.15) is 9.37 Å². The zero-order valence-electron chi connectivity index (χ0n) is 19.6. The summed E-state index contributed by atoms with van der Waals surface area (Å²) in [6.07, 6.45) is 3.34. The Morgan fingerprint density at radius 1 is 1.52 bits per heavy atom. The van der Waals surface area contributed by atoms with E-state index < -0.39 is 10.8 Å². The van der Waals surface area contributed by atoms with Crippen molar-refractivity contribution in [3.8, 4) is 17.7 Å². The molecule has 0 aromatic carbocycles. The van der Waals surface area contributed by atoms with Gasteiger partial charge in [-0.25, -0.2) is 15.1 Å². The molecular weight excluding hydrogens is 433 g/mol. The Hall–Kier alpha value is -3.20. The van der Waals surface area contributed by atoms with Crippen LogP contribution in [-0.2, 0) is 4.74 Å². The summed E-state index contributed by atoms with van der Waals surface area (Å²) in [6.45, 7) is 9.89. The number of nitro groups is 1. The van der Waals surface area contributed by atoms with Gasteiger partial charge in [0.25, 0.3) is 11.8 Å². The van der Waals surface area contributed by atoms with Crippen molar-refractivity contribution >= 4 is 11.8 Å². The molecule has 0 spiro atoms. The van der Waals surface area contributed by atoms with Crippen LogP contribution in [0.4, 0.5) is 10.2 Å². The zero-order chi connectivity index (χ0) is 24.3. The molecule has 33 heavy (non-hydrogen) atoms. The second-order valence-electron chi connectivity index (χ2n) is 8.41. The highest BCUT2D eigenvalue weighted by molar-refractivity contribution is 5.78. The topological polar surface area (TPSA) is 127 Å². The molecule has 0 aliphatic carbocycles. The molecule has 2 aliphatic rings. The summed E-state index contributed by atoms with van der Waals surface area (Å²) in [6, 6.07) is 0. The van der Waals surface area contributed by atoms with Crippen molar-refractivity contribution in [3.63, 3.8) is 0 Å². The van der Waals surface area contributed by atoms with E-state index >= 15 is 0 Å². The summed E-state index contributed by atoms with van der Waals surface area (Å²) in [5.74, 6) is 5.79. The maximum Gasteiger partial charge on any atom is 0.268 e. The molecule has 2 saturated heterocycles. The van der Waals surface area contributed by atoms with Gasteiger partial charge in [-0.3, -0.25) is 0 Å². The van der Waals surface area contributed by atoms with Crippen molar-refractivity contribution < 1.29 is 18.9 Å². The maximum absolute atomic E-state index is 14.3. The van der Waals surface area contributed by atoms with Crippen LogP contribution in [0.2, 0.25) is 0 Å². The summed E-state index contributed by atoms with van der Waals surface area (Å²) in [4.78, 5) is 19.9. The minimum Gasteiger partial charge on any atom is -0.462 e. The van der Waals surface area contributed by atoms with Crippen LogP contribution < -0.4 is 20.3 Å². The summed E-state index contributed by atoms with van der Waals surface area (Å²) in [5.41, 5.74) is 0.187. The lowest BCUT2D eigenvalue weighted by atomic mass is 9.93. The number of ether oxygens (including phenoxy) is 2. The van der Waals surface area contributed by atoms with Gasteiger partial charge in [-0.05, 0) is 25.2 Å². The highest BCUT2D eigenvalue weighted by Crippen LogP contribution is 2.33. The molecule has 0 saturated carbocycles. The van der Waals surface area contributed by atoms with E-state index in [1.54, 1.807) is 14.0 Å². The van der Waals surface area contributed by atoms with Gasteiger partial charge in [-0.1, -0.05) is 19.8 Å². The van der Waals surface area contributed by atoms with Gasteiger partial charge in [0.2, 0.25) is 5.82 Å². The fraction of sp³-hybridized carbons (Fsp3) is 0.667. The van der Waals surface area contributed by atoms with Crippen molar-refractivity contribution in [2.45, 2.75) is 33.6 Å². The molecule has 2 fully saturated rings. The Bertz CT molecular complexity index is 879. The first kappa shape index (κ1) is 26.1. The number of anilines is 1. The number of hydrogen-bond acceptors (Lipinski definition) is 7. The number of hydrazone groups is 1. The average Bonchev–Trinajstić information content (AvgIpc) is 3.42. The van der Waals surface area contributed by atoms with Gasteiger partial charge in [0.05, 0.1) is 6.61 Å². The summed E-state index contributed by atoms with van der Waals surface area (Å²) < 4.78 is 24.6. The van der Waals surface area contributed by atoms with Crippen LogP contribution in [0.15, 0.2) is 11.4 Å². The molecular formula is C21H32FN7O4. The van der Waals surface area contributed by atoms with Crippen LogP contribution in [-0.4, -0.2) is 67.5 Å². The molecule has 1 unspecified atom stereocenters. The SMILES string of the molecule is CC#CCOc1ncnc(N2CCC(C)(C)C2)c1F.CN/C(=N/[N+](=O)[O-])NCC1CCOC1. The Labute approximate surface area is 193 Å². The lowest BCUT2D eigenvalue weighted by Gasteiger charge is -2.21. The summed E-state index contributed by atoms with van der Waals surface area (Å²) >= 11 is 0. The van der Waals surface area contributed by atoms with Crippen molar-refractivity contribution in [1.29, 1.82) is 0 Å². The van der Waals surface area contributed by atoms with Gasteiger partial charge >= 0.3 is 0 Å². The molecule has 1 aromatic rings. The van der Waals surface area contributed by atoms with Gasteiger partial charge in [0, 0.05) is 39.2 Å². The molecule has 12 heteroatoms. The first-order valence-corrected chi connectivity index (χ1v) is 10.8. The van der Waals surface area contributed by atoms with Crippen LogP contribution in [0.1, 0.15) is 33.6 Å². The molecule has 11 nitrogen and oxygen atoms in total. The van der Waals surface area contributed by atoms with E-state index in [1.807, 2.05) is 4.90 Å². The Balaban J connectivity index is 0.000000245. The number of nitrogens with one attached hydrogen (secondary N) is 2. The molecule has 2 aliphatic heterocycles. The molecule has 2 N–H and O–H groups in total. The van der Waals surface area contributed by atoms with E-state index in [2.05, 4.69) is 51.4 Å². The van der Waals surface area contributed by atoms with E-state index in [1.165, 1.54) is 6.33 Å². The summed E-state index contributed by atoms with van der Waals surface area (Å²) in [7, 11) is 1.58. The van der Waals surface area contributed by atoms with Crippen molar-refractivity contribution in [2.24, 2.45) is 16.4 Å². The van der Waals surface area contributed by atoms with Gasteiger partial charge < -0.3 is 25.0 Å². The zero-order valence-corrected chi connectivity index (χ0v) is 19.6. The summed E-state index contributed by atoms with van der Waals surface area (Å²) in [5, 5.41) is 18.0. The largest absolute Gasteiger partial charge is 0.462 e. The Morgan fingerprint density at radius 2 is 2.30 bits per heavy atom. The molecule has 1 aromatic heterocycles. The minimum absolute atomic E-state index is 0.0301. The van der Waals surface area contributed by atoms with Crippen LogP contribution in [0.3, 0.4) is 0 Å². The van der Waals surface area contributed by atoms with Crippen molar-refractivity contribution in [1.82, 2.24) is 20.6 Å². The van der Waals surface area contributed by atoms with E-state index in [4.69, 9.17) is 9.47 Å². The van der Waals surface area contributed by atoms with E-state index in [0.717, 1.165) is 32.5 Å². The number of hydrogen-bond donors (Lipinski definition) is 2. The number of rotatable bonds is 6. The third-order valence-electron chi connectivity index (χ3n) is 5.17. The fourth-order valence-corrected chi connectivity index (χ4v) is 3.38. The predicted octanol–water partition coefficient (Wildman–Crippen LogP) is 1.63. The molecule has 0 amide bonds. The molecule has 3 rings (SSSR count). The Morgan fingerprint density at radius 3 is 2.88 bits per heavy atom. The van der Waals surface area contributed by atoms with Gasteiger partial charge in [0.1, 0.15) is 11.4 Å². The number of nitrogens with zero attached hydrogens (tertiary/aromatic N) is 5. The molecule has 1 atom stereocenters. The highest BCUT2D eigenvalue weighted by atomic mass is 19.1. The smallest absolute Gasteiger partial charge is 0.268 e. The van der Waals surface area contributed by atoms with Crippen molar-refractivity contribution in [2.75, 3.05) is 51.4 Å². The lowest BCUT2D eigenvalue weighted by molar-refractivity contribution is -0.485. The van der Waals surface area contributed by atoms with Crippen LogP contribution in [0.5, 0.6) is 5.88 Å². The number of aromatic nitrogens is 2. The quantitative estimate of drug-likeness (QED) is 0.212. The second-order valence-corrected chi connectivity index (χ2v) is 8.41. The third kappa shape index (κ3) is 8.69. The van der Waals surface area contributed by atoms with Gasteiger partial charge in [-0.15, -0.1) is 5.92 Å². The van der Waals surface area contributed by atoms with Crippen LogP contribution in [0, 0.1) is 39.1 Å². The predicted molar refractivity (Wildman–Crippen MR) is 122 cm³/mol. The number of halogens is 1. The lowest BCUT2D eigenvalue weighted by Crippen LogP contribution is -2.38. The first-order valence-electron chi connectivity index (χ1n) is 10.8. The van der Waals surface area contributed by atoms with Gasteiger partial charge in [0.15, 0.2) is 17.5 Å². The van der Waals surface area contributed by atoms with E-state index in [-0.39, 0.29) is 23.9 Å². The molecule has 0 radical (unpaired) electrons. The normalized spacial score (nSPS) is 19.1. The minimum atomic E-state index is -0.732. The fourth-order valence-electron chi connectivity index (χ4n) is 3.38. The van der Waals surface area contributed by atoms with E-state index in [0.29, 0.717) is 24.9 Å². The second kappa shape index (κ2) is 12.7. The first-order chi connectivity index (χ1) is 15.8. The third-order valence-corrected chi connectivity index (χ3v) is 5.17. The monoisotopic (exact) mass is 465 g/mol. The van der Waals surface area contributed by atoms with Crippen LogP contribution >= 0.6 is 0 Å². The maximum atomic E-state index is 14.3. The molecule has 3 heterocycles. The van der Waals surface area contributed by atoms with Crippen LogP contribution in [0.25, 0.3) is 0 Å². The number of guanidine groups is 1. The highest BCUT2D eigenvalue weighted by Gasteiger charge is 2.32. The van der Waals surface area contributed by atoms with E-state index in [9.17, 15) is 14.5 Å². The molecule has 182 valence electrons.